The second-order valence-electron chi connectivity index (χ2n) is 7.29. The predicted molar refractivity (Wildman–Crippen MR) is 115 cm³/mol. The van der Waals surface area contributed by atoms with Crippen LogP contribution in [0.25, 0.3) is 0 Å². The molecule has 0 saturated carbocycles. The average molecular weight is 519 g/mol. The summed E-state index contributed by atoms with van der Waals surface area (Å²) < 4.78 is 9.21. The Morgan fingerprint density at radius 1 is 1.11 bits per heavy atom. The molecule has 8 heteroatoms. The van der Waals surface area contributed by atoms with Crippen LogP contribution in [0.4, 0.5) is 0 Å². The molecule has 0 aliphatic heterocycles. The molecule has 1 aromatic rings. The van der Waals surface area contributed by atoms with Crippen LogP contribution in [-0.2, 0) is 19.1 Å². The maximum atomic E-state index is 12.3. The second-order valence-corrected chi connectivity index (χ2v) is 11.3. The second kappa shape index (κ2) is 9.69. The Bertz CT molecular complexity index is 763. The molecule has 154 valence electrons. The number of amides is 1. The van der Waals surface area contributed by atoms with E-state index in [4.69, 9.17) is 9.47 Å². The highest BCUT2D eigenvalue weighted by Gasteiger charge is 2.30. The molecule has 1 unspecified atom stereocenters. The molecule has 28 heavy (non-hydrogen) atoms. The van der Waals surface area contributed by atoms with Gasteiger partial charge in [-0.25, -0.2) is 0 Å². The molecule has 0 aliphatic rings. The van der Waals surface area contributed by atoms with Crippen molar-refractivity contribution in [1.82, 2.24) is 5.32 Å². The number of ether oxygens (including phenoxy) is 2. The smallest absolute Gasteiger partial charge is 0.327 e. The predicted octanol–water partition coefficient (Wildman–Crippen LogP) is 4.22. The van der Waals surface area contributed by atoms with Crippen LogP contribution in [-0.4, -0.2) is 33.0 Å². The number of carbonyl (C=O) groups is 3. The van der Waals surface area contributed by atoms with E-state index in [1.807, 2.05) is 0 Å². The fourth-order valence-corrected chi connectivity index (χ4v) is 2.01. The molecular weight excluding hydrogens is 494 g/mol. The third-order valence-corrected chi connectivity index (χ3v) is 4.14. The molecule has 0 aromatic heterocycles. The van der Waals surface area contributed by atoms with E-state index >= 15 is 0 Å². The van der Waals surface area contributed by atoms with Crippen LogP contribution in [0.3, 0.4) is 0 Å². The van der Waals surface area contributed by atoms with Crippen molar-refractivity contribution in [2.45, 2.75) is 49.4 Å². The van der Waals surface area contributed by atoms with Crippen LogP contribution in [0.15, 0.2) is 36.4 Å². The lowest BCUT2D eigenvalue weighted by Crippen LogP contribution is -2.34. The fraction of sp³-hybridized carbons (Fsp3) is 0.450. The zero-order chi connectivity index (χ0) is 21.7. The van der Waals surface area contributed by atoms with E-state index in [-0.39, 0.29) is 12.5 Å². The lowest BCUT2D eigenvalue weighted by atomic mass is 10.1. The summed E-state index contributed by atoms with van der Waals surface area (Å²) in [5.41, 5.74) is 0.915. The number of carbonyl (C=O) groups excluding carboxylic acids is 3. The summed E-state index contributed by atoms with van der Waals surface area (Å²) in [5, 5.41) is 2.68. The van der Waals surface area contributed by atoms with Crippen LogP contribution < -0.4 is 10.1 Å². The first kappa shape index (κ1) is 24.4. The first-order valence-electron chi connectivity index (χ1n) is 8.56. The van der Waals surface area contributed by atoms with E-state index in [0.29, 0.717) is 16.9 Å². The highest BCUT2D eigenvalue weighted by atomic mass is 79.9. The number of nitrogens with one attached hydrogen (secondary N) is 1. The van der Waals surface area contributed by atoms with Gasteiger partial charge >= 0.3 is 11.9 Å². The lowest BCUT2D eigenvalue weighted by Gasteiger charge is -2.23. The Balaban J connectivity index is 3.09. The van der Waals surface area contributed by atoms with Crippen LogP contribution in [0.5, 0.6) is 5.75 Å². The molecule has 1 aromatic carbocycles. The molecule has 6 nitrogen and oxygen atoms in total. The van der Waals surface area contributed by atoms with Gasteiger partial charge in [-0.05, 0) is 52.3 Å². The molecule has 1 rings (SSSR count). The molecule has 1 atom stereocenters. The van der Waals surface area contributed by atoms with Crippen molar-refractivity contribution in [2.24, 2.45) is 0 Å². The first-order chi connectivity index (χ1) is 12.7. The number of hydrogen-bond donors (Lipinski definition) is 1. The van der Waals surface area contributed by atoms with Gasteiger partial charge in [0.1, 0.15) is 20.5 Å². The fourth-order valence-electron chi connectivity index (χ4n) is 1.84. The van der Waals surface area contributed by atoms with Crippen LogP contribution >= 0.6 is 31.9 Å². The number of rotatable bonds is 8. The van der Waals surface area contributed by atoms with Crippen LogP contribution in [0, 0.1) is 0 Å². The van der Waals surface area contributed by atoms with E-state index in [1.165, 1.54) is 0 Å². The molecule has 1 amide bonds. The van der Waals surface area contributed by atoms with E-state index in [9.17, 15) is 14.4 Å². The molecule has 0 heterocycles. The summed E-state index contributed by atoms with van der Waals surface area (Å²) in [5.74, 6) is -0.996. The number of esters is 2. The third-order valence-electron chi connectivity index (χ3n) is 3.50. The van der Waals surface area contributed by atoms with Crippen molar-refractivity contribution < 1.29 is 23.9 Å². The zero-order valence-electron chi connectivity index (χ0n) is 16.6. The van der Waals surface area contributed by atoms with Crippen molar-refractivity contribution in [1.29, 1.82) is 0 Å². The van der Waals surface area contributed by atoms with Gasteiger partial charge in [-0.1, -0.05) is 50.6 Å². The number of benzene rings is 1. The van der Waals surface area contributed by atoms with Gasteiger partial charge in [0.05, 0.1) is 6.54 Å². The molecule has 0 saturated heterocycles. The van der Waals surface area contributed by atoms with Gasteiger partial charge in [0.2, 0.25) is 5.91 Å². The van der Waals surface area contributed by atoms with Crippen molar-refractivity contribution in [2.75, 3.05) is 6.54 Å². The Labute approximate surface area is 182 Å². The summed E-state index contributed by atoms with van der Waals surface area (Å²) in [6, 6.07) is 6.63. The Kier molecular flexibility index (Phi) is 8.44. The minimum absolute atomic E-state index is 0.0435. The Hall–Kier alpha value is -1.67. The summed E-state index contributed by atoms with van der Waals surface area (Å²) >= 11 is 6.52. The molecule has 1 N–H and O–H groups in total. The van der Waals surface area contributed by atoms with Crippen molar-refractivity contribution in [3.05, 3.63) is 42.0 Å². The molecule has 0 fully saturated rings. The number of hydrogen-bond acceptors (Lipinski definition) is 5. The Morgan fingerprint density at radius 3 is 2.18 bits per heavy atom. The van der Waals surface area contributed by atoms with Gasteiger partial charge < -0.3 is 14.8 Å². The minimum Gasteiger partial charge on any atom is -0.455 e. The normalized spacial score (nSPS) is 12.7. The highest BCUT2D eigenvalue weighted by Crippen LogP contribution is 2.27. The van der Waals surface area contributed by atoms with Crippen molar-refractivity contribution in [3.63, 3.8) is 0 Å². The highest BCUT2D eigenvalue weighted by molar-refractivity contribution is 9.10. The topological polar surface area (TPSA) is 81.7 Å². The lowest BCUT2D eigenvalue weighted by molar-refractivity contribution is -0.151. The maximum absolute atomic E-state index is 12.3. The largest absolute Gasteiger partial charge is 0.455 e. The monoisotopic (exact) mass is 517 g/mol. The van der Waals surface area contributed by atoms with Gasteiger partial charge in [0.15, 0.2) is 0 Å². The average Bonchev–Trinajstić information content (AvgIpc) is 2.56. The van der Waals surface area contributed by atoms with Gasteiger partial charge in [-0.15, -0.1) is 0 Å². The number of alkyl halides is 2. The van der Waals surface area contributed by atoms with Crippen LogP contribution in [0.1, 0.15) is 46.3 Å². The van der Waals surface area contributed by atoms with E-state index in [2.05, 4.69) is 43.8 Å². The quantitative estimate of drug-likeness (QED) is 0.241. The van der Waals surface area contributed by atoms with Gasteiger partial charge in [-0.2, -0.15) is 0 Å². The van der Waals surface area contributed by atoms with Gasteiger partial charge in [0.25, 0.3) is 0 Å². The maximum Gasteiger partial charge on any atom is 0.327 e. The van der Waals surface area contributed by atoms with Gasteiger partial charge in [0, 0.05) is 5.57 Å². The SMILES string of the molecule is C=C(C)C(=O)NCC(OC(=O)C(C)(C)Br)c1cccc(OC(=O)C(C)(C)Br)c1. The Morgan fingerprint density at radius 2 is 1.68 bits per heavy atom. The van der Waals surface area contributed by atoms with Crippen molar-refractivity contribution >= 4 is 49.7 Å². The molecule has 0 bridgehead atoms. The van der Waals surface area contributed by atoms with Gasteiger partial charge in [-0.3, -0.25) is 14.4 Å². The molecular formula is C20H25Br2NO5. The molecule has 0 spiro atoms. The zero-order valence-corrected chi connectivity index (χ0v) is 19.8. The van der Waals surface area contributed by atoms with E-state index in [0.717, 1.165) is 0 Å². The van der Waals surface area contributed by atoms with E-state index in [1.54, 1.807) is 58.9 Å². The summed E-state index contributed by atoms with van der Waals surface area (Å²) in [4.78, 5) is 36.3. The summed E-state index contributed by atoms with van der Waals surface area (Å²) in [7, 11) is 0. The summed E-state index contributed by atoms with van der Waals surface area (Å²) in [6.07, 6.45) is -0.775. The molecule has 0 aliphatic carbocycles. The third kappa shape index (κ3) is 7.75. The minimum atomic E-state index is -0.895. The standard InChI is InChI=1S/C20H25Br2NO5/c1-12(2)16(24)23-11-15(28-18(26)20(5,6)22)13-8-7-9-14(10-13)27-17(25)19(3,4)21/h7-10,15H,1,11H2,2-6H3,(H,23,24). The van der Waals surface area contributed by atoms with E-state index < -0.39 is 26.7 Å². The summed E-state index contributed by atoms with van der Waals surface area (Å²) in [6.45, 7) is 11.9. The molecule has 0 radical (unpaired) electrons. The van der Waals surface area contributed by atoms with Crippen molar-refractivity contribution in [3.8, 4) is 5.75 Å². The van der Waals surface area contributed by atoms with Crippen LogP contribution in [0.2, 0.25) is 0 Å². The number of halogens is 2. The first-order valence-corrected chi connectivity index (χ1v) is 10.1.